The van der Waals surface area contributed by atoms with E-state index in [4.69, 9.17) is 27.9 Å². The van der Waals surface area contributed by atoms with Crippen LogP contribution < -0.4 is 15.6 Å². The Hall–Kier alpha value is -2.83. The fourth-order valence-corrected chi connectivity index (χ4v) is 2.87. The quantitative estimate of drug-likeness (QED) is 0.701. The van der Waals surface area contributed by atoms with Crippen LogP contribution in [0, 0.1) is 0 Å². The molecule has 0 saturated carbocycles. The number of aromatic nitrogens is 2. The van der Waals surface area contributed by atoms with Crippen LogP contribution in [0.2, 0.25) is 10.0 Å². The molecule has 0 bridgehead atoms. The van der Waals surface area contributed by atoms with Gasteiger partial charge in [-0.1, -0.05) is 35.3 Å². The number of methoxy groups -OCH3 is 1. The van der Waals surface area contributed by atoms with Gasteiger partial charge in [0.2, 0.25) is 5.91 Å². The van der Waals surface area contributed by atoms with E-state index in [1.165, 1.54) is 12.1 Å². The standard InChI is InChI=1S/C19H15Cl2N3O3/c1-27-14-4-2-3-12(9-14)16-7-8-19(26)24(23-16)11-18(25)22-17-6-5-13(20)10-15(17)21/h2-10H,11H2,1H3,(H,22,25). The summed E-state index contributed by atoms with van der Waals surface area (Å²) in [4.78, 5) is 24.4. The van der Waals surface area contributed by atoms with E-state index < -0.39 is 5.91 Å². The lowest BCUT2D eigenvalue weighted by molar-refractivity contribution is -0.117. The first-order chi connectivity index (χ1) is 13.0. The summed E-state index contributed by atoms with van der Waals surface area (Å²) in [5.41, 5.74) is 1.33. The van der Waals surface area contributed by atoms with E-state index in [2.05, 4.69) is 10.4 Å². The number of halogens is 2. The second kappa shape index (κ2) is 8.24. The van der Waals surface area contributed by atoms with Gasteiger partial charge >= 0.3 is 0 Å². The van der Waals surface area contributed by atoms with Gasteiger partial charge in [-0.25, -0.2) is 4.68 Å². The maximum Gasteiger partial charge on any atom is 0.267 e. The SMILES string of the molecule is COc1cccc(-c2ccc(=O)n(CC(=O)Nc3ccc(Cl)cc3Cl)n2)c1. The van der Waals surface area contributed by atoms with Crippen molar-refractivity contribution in [1.82, 2.24) is 9.78 Å². The van der Waals surface area contributed by atoms with Crippen LogP contribution in [0.1, 0.15) is 0 Å². The normalized spacial score (nSPS) is 10.5. The number of ether oxygens (including phenoxy) is 1. The van der Waals surface area contributed by atoms with E-state index in [0.717, 1.165) is 10.2 Å². The molecule has 0 saturated heterocycles. The fraction of sp³-hybridized carbons (Fsp3) is 0.105. The van der Waals surface area contributed by atoms with Crippen LogP contribution in [0.25, 0.3) is 11.3 Å². The smallest absolute Gasteiger partial charge is 0.267 e. The van der Waals surface area contributed by atoms with Crippen molar-refractivity contribution in [2.45, 2.75) is 6.54 Å². The Bertz CT molecular complexity index is 1050. The van der Waals surface area contributed by atoms with Crippen molar-refractivity contribution >= 4 is 34.8 Å². The Balaban J connectivity index is 1.82. The first kappa shape index (κ1) is 18.9. The van der Waals surface area contributed by atoms with Crippen LogP contribution in [-0.2, 0) is 11.3 Å². The molecule has 1 heterocycles. The number of hydrogen-bond donors (Lipinski definition) is 1. The van der Waals surface area contributed by atoms with Crippen molar-refractivity contribution in [2.24, 2.45) is 0 Å². The van der Waals surface area contributed by atoms with E-state index in [9.17, 15) is 9.59 Å². The van der Waals surface area contributed by atoms with Crippen molar-refractivity contribution in [1.29, 1.82) is 0 Å². The third-order valence-corrected chi connectivity index (χ3v) is 4.28. The number of benzene rings is 2. The summed E-state index contributed by atoms with van der Waals surface area (Å²) >= 11 is 11.9. The molecule has 1 amide bonds. The van der Waals surface area contributed by atoms with Crippen LogP contribution >= 0.6 is 23.2 Å². The molecule has 0 aliphatic heterocycles. The summed E-state index contributed by atoms with van der Waals surface area (Å²) in [6.07, 6.45) is 0. The van der Waals surface area contributed by atoms with Gasteiger partial charge in [0.05, 0.1) is 23.5 Å². The zero-order valence-corrected chi connectivity index (χ0v) is 15.8. The van der Waals surface area contributed by atoms with Crippen LogP contribution in [0.5, 0.6) is 5.75 Å². The molecule has 0 unspecified atom stereocenters. The molecule has 0 aliphatic rings. The summed E-state index contributed by atoms with van der Waals surface area (Å²) < 4.78 is 6.29. The Morgan fingerprint density at radius 3 is 2.70 bits per heavy atom. The molecule has 0 radical (unpaired) electrons. The highest BCUT2D eigenvalue weighted by Gasteiger charge is 2.11. The molecule has 1 aromatic heterocycles. The van der Waals surface area contributed by atoms with Gasteiger partial charge in [-0.2, -0.15) is 5.10 Å². The average Bonchev–Trinajstić information content (AvgIpc) is 2.66. The van der Waals surface area contributed by atoms with Gasteiger partial charge in [-0.3, -0.25) is 9.59 Å². The van der Waals surface area contributed by atoms with Gasteiger partial charge in [0.25, 0.3) is 5.56 Å². The van der Waals surface area contributed by atoms with Gasteiger partial charge in [0.15, 0.2) is 0 Å². The summed E-state index contributed by atoms with van der Waals surface area (Å²) in [7, 11) is 1.57. The van der Waals surface area contributed by atoms with Crippen molar-refractivity contribution in [3.05, 3.63) is 75.0 Å². The molecule has 3 aromatic rings. The van der Waals surface area contributed by atoms with Crippen molar-refractivity contribution in [3.8, 4) is 17.0 Å². The summed E-state index contributed by atoms with van der Waals surface area (Å²) in [6.45, 7) is -0.254. The number of amides is 1. The molecule has 0 atom stereocenters. The predicted molar refractivity (Wildman–Crippen MR) is 106 cm³/mol. The van der Waals surface area contributed by atoms with Crippen molar-refractivity contribution in [3.63, 3.8) is 0 Å². The van der Waals surface area contributed by atoms with E-state index in [1.807, 2.05) is 18.2 Å². The molecule has 1 N–H and O–H groups in total. The minimum Gasteiger partial charge on any atom is -0.497 e. The number of anilines is 1. The Morgan fingerprint density at radius 2 is 1.96 bits per heavy atom. The molecule has 6 nitrogen and oxygen atoms in total. The van der Waals surface area contributed by atoms with Crippen LogP contribution in [0.15, 0.2) is 59.4 Å². The summed E-state index contributed by atoms with van der Waals surface area (Å²) in [6, 6.07) is 14.9. The maximum atomic E-state index is 12.3. The van der Waals surface area contributed by atoms with Gasteiger partial charge in [0.1, 0.15) is 12.3 Å². The van der Waals surface area contributed by atoms with Gasteiger partial charge < -0.3 is 10.1 Å². The molecule has 3 rings (SSSR count). The minimum atomic E-state index is -0.434. The highest BCUT2D eigenvalue weighted by atomic mass is 35.5. The molecule has 138 valence electrons. The third-order valence-electron chi connectivity index (χ3n) is 3.73. The van der Waals surface area contributed by atoms with Crippen LogP contribution in [-0.4, -0.2) is 22.8 Å². The molecular weight excluding hydrogens is 389 g/mol. The monoisotopic (exact) mass is 403 g/mol. The topological polar surface area (TPSA) is 73.2 Å². The molecule has 8 heteroatoms. The van der Waals surface area contributed by atoms with E-state index in [1.54, 1.807) is 31.4 Å². The maximum absolute atomic E-state index is 12.3. The predicted octanol–water partition coefficient (Wildman–Crippen LogP) is 3.86. The number of nitrogens with one attached hydrogen (secondary N) is 1. The van der Waals surface area contributed by atoms with Crippen LogP contribution in [0.3, 0.4) is 0 Å². The first-order valence-corrected chi connectivity index (χ1v) is 8.69. The second-order valence-electron chi connectivity index (χ2n) is 5.62. The van der Waals surface area contributed by atoms with Crippen LogP contribution in [0.4, 0.5) is 5.69 Å². The lowest BCUT2D eigenvalue weighted by atomic mass is 10.1. The highest BCUT2D eigenvalue weighted by molar-refractivity contribution is 6.36. The number of rotatable bonds is 5. The molecule has 0 aliphatic carbocycles. The molecule has 27 heavy (non-hydrogen) atoms. The van der Waals surface area contributed by atoms with Crippen molar-refractivity contribution in [2.75, 3.05) is 12.4 Å². The zero-order chi connectivity index (χ0) is 19.4. The largest absolute Gasteiger partial charge is 0.497 e. The summed E-state index contributed by atoms with van der Waals surface area (Å²) in [5, 5.41) is 7.68. The Labute approximate surface area is 165 Å². The van der Waals surface area contributed by atoms with Gasteiger partial charge in [0, 0.05) is 16.7 Å². The van der Waals surface area contributed by atoms with E-state index >= 15 is 0 Å². The highest BCUT2D eigenvalue weighted by Crippen LogP contribution is 2.25. The molecule has 0 fully saturated rings. The Kier molecular flexibility index (Phi) is 5.78. The first-order valence-electron chi connectivity index (χ1n) is 7.94. The third kappa shape index (κ3) is 4.67. The molecule has 2 aromatic carbocycles. The Morgan fingerprint density at radius 1 is 1.15 bits per heavy atom. The lowest BCUT2D eigenvalue weighted by Crippen LogP contribution is -2.29. The number of hydrogen-bond acceptors (Lipinski definition) is 4. The van der Waals surface area contributed by atoms with E-state index in [-0.39, 0.29) is 12.1 Å². The molecular formula is C19H15Cl2N3O3. The van der Waals surface area contributed by atoms with Gasteiger partial charge in [-0.15, -0.1) is 0 Å². The second-order valence-corrected chi connectivity index (χ2v) is 6.46. The zero-order valence-electron chi connectivity index (χ0n) is 14.3. The average molecular weight is 404 g/mol. The lowest BCUT2D eigenvalue weighted by Gasteiger charge is -2.10. The molecule has 0 spiro atoms. The number of nitrogens with zero attached hydrogens (tertiary/aromatic N) is 2. The van der Waals surface area contributed by atoms with Gasteiger partial charge in [-0.05, 0) is 36.4 Å². The number of carbonyl (C=O) groups excluding carboxylic acids is 1. The van der Waals surface area contributed by atoms with Crippen molar-refractivity contribution < 1.29 is 9.53 Å². The number of carbonyl (C=O) groups is 1. The van der Waals surface area contributed by atoms with E-state index in [0.29, 0.717) is 27.2 Å². The summed E-state index contributed by atoms with van der Waals surface area (Å²) in [5.74, 6) is 0.235. The minimum absolute atomic E-state index is 0.254. The fourth-order valence-electron chi connectivity index (χ4n) is 2.42.